The molecule has 5 nitrogen and oxygen atoms in total. The molecule has 3 aromatic carbocycles. The maximum absolute atomic E-state index is 5.05. The molecule has 0 amide bonds. The molecule has 1 aliphatic carbocycles. The van der Waals surface area contributed by atoms with Crippen LogP contribution in [0.25, 0.3) is 60.6 Å². The summed E-state index contributed by atoms with van der Waals surface area (Å²) in [6, 6.07) is 27.1. The van der Waals surface area contributed by atoms with Crippen molar-refractivity contribution in [1.29, 1.82) is 0 Å². The molecule has 0 bridgehead atoms. The first kappa shape index (κ1) is 21.6. The van der Waals surface area contributed by atoms with Crippen LogP contribution in [0.2, 0.25) is 0 Å². The van der Waals surface area contributed by atoms with Crippen LogP contribution >= 0.6 is 11.3 Å². The Morgan fingerprint density at radius 2 is 1.37 bits per heavy atom. The van der Waals surface area contributed by atoms with Gasteiger partial charge < -0.3 is 0 Å². The largest absolute Gasteiger partial charge is 0.278 e. The Morgan fingerprint density at radius 1 is 0.658 bits per heavy atom. The summed E-state index contributed by atoms with van der Waals surface area (Å²) < 4.78 is 3.55. The van der Waals surface area contributed by atoms with Crippen LogP contribution in [0.3, 0.4) is 0 Å². The molecule has 182 valence electrons. The molecule has 6 heteroatoms. The van der Waals surface area contributed by atoms with Gasteiger partial charge >= 0.3 is 0 Å². The van der Waals surface area contributed by atoms with E-state index < -0.39 is 0 Å². The number of fused-ring (bicyclic) bond motifs is 6. The Balaban J connectivity index is 1.46. The zero-order chi connectivity index (χ0) is 25.1. The van der Waals surface area contributed by atoms with Gasteiger partial charge in [0.25, 0.3) is 0 Å². The highest BCUT2D eigenvalue weighted by molar-refractivity contribution is 7.19. The highest BCUT2D eigenvalue weighted by atomic mass is 32.1. The fourth-order valence-corrected chi connectivity index (χ4v) is 7.05. The van der Waals surface area contributed by atoms with E-state index in [4.69, 9.17) is 15.0 Å². The van der Waals surface area contributed by atoms with E-state index in [1.54, 1.807) is 4.88 Å². The van der Waals surface area contributed by atoms with Gasteiger partial charge in [-0.2, -0.15) is 9.97 Å². The number of pyridine rings is 1. The zero-order valence-corrected chi connectivity index (χ0v) is 21.4. The summed E-state index contributed by atoms with van der Waals surface area (Å²) in [6.07, 6.45) is 8.70. The summed E-state index contributed by atoms with van der Waals surface area (Å²) in [5, 5.41) is 3.66. The first-order valence-corrected chi connectivity index (χ1v) is 13.8. The van der Waals surface area contributed by atoms with E-state index in [9.17, 15) is 0 Å². The maximum atomic E-state index is 5.05. The number of aryl methyl sites for hydroxylation is 2. The average molecular weight is 510 g/mol. The molecule has 1 aliphatic rings. The zero-order valence-electron chi connectivity index (χ0n) is 20.6. The molecule has 0 saturated heterocycles. The van der Waals surface area contributed by atoms with Crippen LogP contribution in [0.15, 0.2) is 91.3 Å². The number of rotatable bonds is 3. The molecule has 8 rings (SSSR count). The lowest BCUT2D eigenvalue weighted by atomic mass is 9.96. The summed E-state index contributed by atoms with van der Waals surface area (Å²) in [4.78, 5) is 21.0. The standard InChI is InChI=1S/C32H23N5S/c1-3-9-20(10-4-1)30-34-31(21-11-5-2-6-12-21)36-32(35-30)37-26-15-16-33-19-25(26)23-18-29-24(17-27(23)37)22-13-7-8-14-28(22)38-29/h1-6,9-12,15-19H,7-8,13-14H2. The van der Waals surface area contributed by atoms with Crippen LogP contribution in [0.1, 0.15) is 23.3 Å². The first-order valence-electron chi connectivity index (χ1n) is 13.0. The van der Waals surface area contributed by atoms with Crippen molar-refractivity contribution in [3.8, 4) is 28.7 Å². The van der Waals surface area contributed by atoms with Crippen molar-refractivity contribution in [2.45, 2.75) is 25.7 Å². The summed E-state index contributed by atoms with van der Waals surface area (Å²) in [5.41, 5.74) is 5.61. The lowest BCUT2D eigenvalue weighted by Crippen LogP contribution is -2.06. The van der Waals surface area contributed by atoms with Crippen LogP contribution in [0, 0.1) is 0 Å². The normalized spacial score (nSPS) is 13.4. The van der Waals surface area contributed by atoms with Gasteiger partial charge in [0, 0.05) is 43.9 Å². The van der Waals surface area contributed by atoms with Crippen LogP contribution < -0.4 is 0 Å². The fraction of sp³-hybridized carbons (Fsp3) is 0.125. The van der Waals surface area contributed by atoms with Crippen molar-refractivity contribution in [3.63, 3.8) is 0 Å². The highest BCUT2D eigenvalue weighted by Crippen LogP contribution is 2.41. The summed E-state index contributed by atoms with van der Waals surface area (Å²) in [7, 11) is 0. The lowest BCUT2D eigenvalue weighted by Gasteiger charge is -2.12. The van der Waals surface area contributed by atoms with Crippen LogP contribution in [-0.2, 0) is 12.8 Å². The quantitative estimate of drug-likeness (QED) is 0.244. The predicted octanol–water partition coefficient (Wildman–Crippen LogP) is 7.79. The Labute approximate surface area is 223 Å². The van der Waals surface area contributed by atoms with Gasteiger partial charge in [-0.1, -0.05) is 60.7 Å². The molecule has 38 heavy (non-hydrogen) atoms. The molecular formula is C32H23N5S. The minimum absolute atomic E-state index is 0.618. The number of benzene rings is 3. The van der Waals surface area contributed by atoms with Crippen LogP contribution in [0.4, 0.5) is 0 Å². The SMILES string of the molecule is c1ccc(-c2nc(-c3ccccc3)nc(-n3c4ccncc4c4cc5sc6c(c5cc43)CCCC6)n2)cc1. The molecule has 0 saturated carbocycles. The van der Waals surface area contributed by atoms with Gasteiger partial charge in [-0.3, -0.25) is 9.55 Å². The maximum Gasteiger partial charge on any atom is 0.238 e. The van der Waals surface area contributed by atoms with Crippen LogP contribution in [0.5, 0.6) is 0 Å². The topological polar surface area (TPSA) is 56.5 Å². The van der Waals surface area contributed by atoms with E-state index in [2.05, 4.69) is 27.8 Å². The number of hydrogen-bond acceptors (Lipinski definition) is 5. The Hall–Kier alpha value is -4.42. The third kappa shape index (κ3) is 3.37. The van der Waals surface area contributed by atoms with Crippen molar-refractivity contribution in [1.82, 2.24) is 24.5 Å². The Morgan fingerprint density at radius 3 is 2.11 bits per heavy atom. The third-order valence-corrected chi connectivity index (χ3v) is 8.79. The van der Waals surface area contributed by atoms with E-state index >= 15 is 0 Å². The summed E-state index contributed by atoms with van der Waals surface area (Å²) in [6.45, 7) is 0. The molecule has 0 unspecified atom stereocenters. The van der Waals surface area contributed by atoms with E-state index in [1.165, 1.54) is 40.3 Å². The van der Waals surface area contributed by atoms with E-state index in [0.717, 1.165) is 34.0 Å². The molecule has 4 aromatic heterocycles. The van der Waals surface area contributed by atoms with E-state index in [-0.39, 0.29) is 0 Å². The third-order valence-electron chi connectivity index (χ3n) is 7.53. The van der Waals surface area contributed by atoms with Gasteiger partial charge in [-0.25, -0.2) is 4.98 Å². The second-order valence-electron chi connectivity index (χ2n) is 9.82. The van der Waals surface area contributed by atoms with Gasteiger partial charge in [0.15, 0.2) is 11.6 Å². The second-order valence-corrected chi connectivity index (χ2v) is 11.0. The molecule has 0 atom stereocenters. The number of nitrogens with zero attached hydrogens (tertiary/aromatic N) is 5. The molecule has 0 spiro atoms. The van der Waals surface area contributed by atoms with Crippen LogP contribution in [-0.4, -0.2) is 24.5 Å². The Bertz CT molecular complexity index is 1910. The Kier molecular flexibility index (Phi) is 4.88. The molecule has 4 heterocycles. The minimum atomic E-state index is 0.618. The van der Waals surface area contributed by atoms with Gasteiger partial charge in [0.2, 0.25) is 5.95 Å². The van der Waals surface area contributed by atoms with Crippen molar-refractivity contribution in [2.75, 3.05) is 0 Å². The van der Waals surface area contributed by atoms with Gasteiger partial charge in [-0.15, -0.1) is 11.3 Å². The molecule has 0 fully saturated rings. The van der Waals surface area contributed by atoms with Crippen molar-refractivity contribution < 1.29 is 0 Å². The highest BCUT2D eigenvalue weighted by Gasteiger charge is 2.21. The molecule has 7 aromatic rings. The number of aromatic nitrogens is 5. The lowest BCUT2D eigenvalue weighted by molar-refractivity contribution is 0.700. The van der Waals surface area contributed by atoms with Crippen molar-refractivity contribution in [2.24, 2.45) is 0 Å². The monoisotopic (exact) mass is 509 g/mol. The fourth-order valence-electron chi connectivity index (χ4n) is 5.73. The smallest absolute Gasteiger partial charge is 0.238 e. The molecule has 0 radical (unpaired) electrons. The van der Waals surface area contributed by atoms with Gasteiger partial charge in [-0.05, 0) is 54.8 Å². The second kappa shape index (κ2) is 8.57. The van der Waals surface area contributed by atoms with Crippen molar-refractivity contribution >= 4 is 43.2 Å². The van der Waals surface area contributed by atoms with E-state index in [0.29, 0.717) is 17.6 Å². The summed E-state index contributed by atoms with van der Waals surface area (Å²) in [5.74, 6) is 1.94. The average Bonchev–Trinajstić information content (AvgIpc) is 3.51. The minimum Gasteiger partial charge on any atom is -0.278 e. The van der Waals surface area contributed by atoms with E-state index in [1.807, 2.05) is 84.4 Å². The molecular weight excluding hydrogens is 486 g/mol. The number of hydrogen-bond donors (Lipinski definition) is 0. The molecule has 0 N–H and O–H groups in total. The van der Waals surface area contributed by atoms with Crippen molar-refractivity contribution in [3.05, 3.63) is 102 Å². The number of thiophene rings is 1. The predicted molar refractivity (Wildman–Crippen MR) is 155 cm³/mol. The summed E-state index contributed by atoms with van der Waals surface area (Å²) >= 11 is 1.96. The van der Waals surface area contributed by atoms with Gasteiger partial charge in [0.1, 0.15) is 0 Å². The van der Waals surface area contributed by atoms with Gasteiger partial charge in [0.05, 0.1) is 11.0 Å². The molecule has 0 aliphatic heterocycles. The first-order chi connectivity index (χ1) is 18.8.